The SMILES string of the molecule is NNC(CC1CCCO1)c1ccc(Cl)cc1. The summed E-state index contributed by atoms with van der Waals surface area (Å²) in [6.45, 7) is 0.878. The first-order valence-corrected chi connectivity index (χ1v) is 6.00. The maximum Gasteiger partial charge on any atom is 0.0594 e. The summed E-state index contributed by atoms with van der Waals surface area (Å²) < 4.78 is 5.61. The van der Waals surface area contributed by atoms with Crippen molar-refractivity contribution in [3.8, 4) is 0 Å². The monoisotopic (exact) mass is 240 g/mol. The smallest absolute Gasteiger partial charge is 0.0594 e. The van der Waals surface area contributed by atoms with E-state index in [9.17, 15) is 0 Å². The molecule has 0 saturated carbocycles. The van der Waals surface area contributed by atoms with Crippen LogP contribution >= 0.6 is 11.6 Å². The normalized spacial score (nSPS) is 22.2. The van der Waals surface area contributed by atoms with Gasteiger partial charge in [0.2, 0.25) is 0 Å². The summed E-state index contributed by atoms with van der Waals surface area (Å²) in [6.07, 6.45) is 3.53. The number of rotatable bonds is 4. The van der Waals surface area contributed by atoms with Crippen LogP contribution in [0.4, 0.5) is 0 Å². The zero-order valence-corrected chi connectivity index (χ0v) is 9.91. The average Bonchev–Trinajstić information content (AvgIpc) is 2.80. The molecular formula is C12H17ClN2O. The first kappa shape index (κ1) is 11.9. The average molecular weight is 241 g/mol. The Morgan fingerprint density at radius 3 is 2.75 bits per heavy atom. The topological polar surface area (TPSA) is 47.3 Å². The van der Waals surface area contributed by atoms with Crippen LogP contribution in [0.1, 0.15) is 30.9 Å². The van der Waals surface area contributed by atoms with Crippen LogP contribution in [0.2, 0.25) is 5.02 Å². The molecule has 0 spiro atoms. The van der Waals surface area contributed by atoms with Gasteiger partial charge in [-0.2, -0.15) is 0 Å². The van der Waals surface area contributed by atoms with Crippen molar-refractivity contribution in [1.29, 1.82) is 0 Å². The van der Waals surface area contributed by atoms with Crippen LogP contribution in [0, 0.1) is 0 Å². The molecule has 2 unspecified atom stereocenters. The number of hydrogen-bond acceptors (Lipinski definition) is 3. The number of nitrogens with two attached hydrogens (primary N) is 1. The molecule has 3 nitrogen and oxygen atoms in total. The molecule has 0 radical (unpaired) electrons. The van der Waals surface area contributed by atoms with Crippen LogP contribution in [-0.4, -0.2) is 12.7 Å². The highest BCUT2D eigenvalue weighted by Crippen LogP contribution is 2.25. The Balaban J connectivity index is 2.00. The van der Waals surface area contributed by atoms with E-state index < -0.39 is 0 Å². The quantitative estimate of drug-likeness (QED) is 0.628. The van der Waals surface area contributed by atoms with Gasteiger partial charge in [0, 0.05) is 17.7 Å². The number of nitrogens with one attached hydrogen (secondary N) is 1. The zero-order chi connectivity index (χ0) is 11.4. The van der Waals surface area contributed by atoms with E-state index in [1.165, 1.54) is 0 Å². The molecule has 1 fully saturated rings. The lowest BCUT2D eigenvalue weighted by molar-refractivity contribution is 0.0946. The summed E-state index contributed by atoms with van der Waals surface area (Å²) in [5.74, 6) is 5.58. The molecule has 2 atom stereocenters. The van der Waals surface area contributed by atoms with Gasteiger partial charge >= 0.3 is 0 Å². The molecule has 1 aliphatic rings. The van der Waals surface area contributed by atoms with E-state index in [1.807, 2.05) is 24.3 Å². The van der Waals surface area contributed by atoms with Gasteiger partial charge in [0.1, 0.15) is 0 Å². The Kier molecular flexibility index (Phi) is 4.18. The lowest BCUT2D eigenvalue weighted by Gasteiger charge is -2.19. The van der Waals surface area contributed by atoms with E-state index in [0.29, 0.717) is 6.10 Å². The first-order chi connectivity index (χ1) is 7.79. The van der Waals surface area contributed by atoms with Gasteiger partial charge in [0.15, 0.2) is 0 Å². The lowest BCUT2D eigenvalue weighted by atomic mass is 10.00. The van der Waals surface area contributed by atoms with Crippen molar-refractivity contribution in [2.24, 2.45) is 5.84 Å². The van der Waals surface area contributed by atoms with Gasteiger partial charge < -0.3 is 4.74 Å². The molecule has 16 heavy (non-hydrogen) atoms. The minimum atomic E-state index is 0.139. The fourth-order valence-electron chi connectivity index (χ4n) is 2.09. The second-order valence-electron chi connectivity index (χ2n) is 4.14. The van der Waals surface area contributed by atoms with Crippen molar-refractivity contribution in [1.82, 2.24) is 5.43 Å². The van der Waals surface area contributed by atoms with Crippen molar-refractivity contribution in [2.75, 3.05) is 6.61 Å². The summed E-state index contributed by atoms with van der Waals surface area (Å²) >= 11 is 5.85. The molecule has 0 amide bonds. The Morgan fingerprint density at radius 1 is 1.44 bits per heavy atom. The Labute approximate surface area is 101 Å². The third kappa shape index (κ3) is 2.95. The highest BCUT2D eigenvalue weighted by Gasteiger charge is 2.21. The summed E-state index contributed by atoms with van der Waals surface area (Å²) in [7, 11) is 0. The molecule has 1 aliphatic heterocycles. The van der Waals surface area contributed by atoms with E-state index in [0.717, 1.165) is 36.5 Å². The van der Waals surface area contributed by atoms with E-state index >= 15 is 0 Å². The Morgan fingerprint density at radius 2 is 2.19 bits per heavy atom. The number of hydrogen-bond donors (Lipinski definition) is 2. The van der Waals surface area contributed by atoms with Crippen LogP contribution < -0.4 is 11.3 Å². The lowest BCUT2D eigenvalue weighted by Crippen LogP contribution is -2.30. The molecule has 1 aromatic rings. The van der Waals surface area contributed by atoms with Crippen LogP contribution in [0.3, 0.4) is 0 Å². The van der Waals surface area contributed by atoms with Gasteiger partial charge in [-0.1, -0.05) is 23.7 Å². The Hall–Kier alpha value is -0.610. The van der Waals surface area contributed by atoms with Crippen LogP contribution in [-0.2, 0) is 4.74 Å². The molecule has 4 heteroatoms. The molecule has 0 bridgehead atoms. The van der Waals surface area contributed by atoms with Gasteiger partial charge in [-0.3, -0.25) is 11.3 Å². The zero-order valence-electron chi connectivity index (χ0n) is 9.16. The maximum absolute atomic E-state index is 5.85. The predicted octanol–water partition coefficient (Wildman–Crippen LogP) is 2.41. The molecular weight excluding hydrogens is 224 g/mol. The molecule has 1 saturated heterocycles. The minimum absolute atomic E-state index is 0.139. The van der Waals surface area contributed by atoms with Crippen molar-refractivity contribution < 1.29 is 4.74 Å². The number of ether oxygens (including phenoxy) is 1. The Bertz CT molecular complexity index is 322. The summed E-state index contributed by atoms with van der Waals surface area (Å²) in [5.41, 5.74) is 4.00. The van der Waals surface area contributed by atoms with Gasteiger partial charge in [0.05, 0.1) is 6.10 Å². The van der Waals surface area contributed by atoms with E-state index in [1.54, 1.807) is 0 Å². The van der Waals surface area contributed by atoms with Crippen LogP contribution in [0.15, 0.2) is 24.3 Å². The maximum atomic E-state index is 5.85. The standard InChI is InChI=1S/C12H17ClN2O/c13-10-5-3-9(4-6-10)12(15-14)8-11-2-1-7-16-11/h3-6,11-12,15H,1-2,7-8,14H2. The fourth-order valence-corrected chi connectivity index (χ4v) is 2.21. The van der Waals surface area contributed by atoms with Gasteiger partial charge in [-0.15, -0.1) is 0 Å². The third-order valence-corrected chi connectivity index (χ3v) is 3.25. The minimum Gasteiger partial charge on any atom is -0.378 e. The molecule has 2 rings (SSSR count). The summed E-state index contributed by atoms with van der Waals surface area (Å²) in [4.78, 5) is 0. The molecule has 0 aromatic heterocycles. The van der Waals surface area contributed by atoms with Crippen LogP contribution in [0.5, 0.6) is 0 Å². The second-order valence-corrected chi connectivity index (χ2v) is 4.58. The van der Waals surface area contributed by atoms with Crippen molar-refractivity contribution >= 4 is 11.6 Å². The number of halogens is 1. The van der Waals surface area contributed by atoms with E-state index in [4.69, 9.17) is 22.2 Å². The fraction of sp³-hybridized carbons (Fsp3) is 0.500. The first-order valence-electron chi connectivity index (χ1n) is 5.63. The van der Waals surface area contributed by atoms with E-state index in [-0.39, 0.29) is 6.04 Å². The number of benzene rings is 1. The van der Waals surface area contributed by atoms with Crippen molar-refractivity contribution in [2.45, 2.75) is 31.4 Å². The summed E-state index contributed by atoms with van der Waals surface area (Å²) in [6, 6.07) is 7.91. The highest BCUT2D eigenvalue weighted by atomic mass is 35.5. The molecule has 1 aromatic carbocycles. The molecule has 88 valence electrons. The van der Waals surface area contributed by atoms with Gasteiger partial charge in [-0.25, -0.2) is 0 Å². The van der Waals surface area contributed by atoms with Gasteiger partial charge in [0.25, 0.3) is 0 Å². The largest absolute Gasteiger partial charge is 0.378 e. The van der Waals surface area contributed by atoms with Crippen molar-refractivity contribution in [3.05, 3.63) is 34.9 Å². The third-order valence-electron chi connectivity index (χ3n) is 3.00. The van der Waals surface area contributed by atoms with Gasteiger partial charge in [-0.05, 0) is 37.0 Å². The van der Waals surface area contributed by atoms with Crippen molar-refractivity contribution in [3.63, 3.8) is 0 Å². The number of hydrazine groups is 1. The van der Waals surface area contributed by atoms with Crippen LogP contribution in [0.25, 0.3) is 0 Å². The molecule has 3 N–H and O–H groups in total. The molecule has 0 aliphatic carbocycles. The second kappa shape index (κ2) is 5.64. The van der Waals surface area contributed by atoms with E-state index in [2.05, 4.69) is 5.43 Å². The summed E-state index contributed by atoms with van der Waals surface area (Å²) in [5, 5.41) is 0.747. The predicted molar refractivity (Wildman–Crippen MR) is 65.1 cm³/mol. The highest BCUT2D eigenvalue weighted by molar-refractivity contribution is 6.30. The molecule has 1 heterocycles.